The fourth-order valence-electron chi connectivity index (χ4n) is 2.28. The molecule has 0 bridgehead atoms. The van der Waals surface area contributed by atoms with Crippen LogP contribution in [0.5, 0.6) is 0 Å². The number of thiazole rings is 1. The highest BCUT2D eigenvalue weighted by Crippen LogP contribution is 2.19. The van der Waals surface area contributed by atoms with Crippen molar-refractivity contribution in [3.63, 3.8) is 0 Å². The molecule has 1 aromatic heterocycles. The maximum atomic E-state index is 12.2. The lowest BCUT2D eigenvalue weighted by Gasteiger charge is -2.17. The molecule has 21 heavy (non-hydrogen) atoms. The van der Waals surface area contributed by atoms with Gasteiger partial charge in [0.15, 0.2) is 10.9 Å². The number of rotatable bonds is 3. The van der Waals surface area contributed by atoms with E-state index >= 15 is 0 Å². The molecule has 0 spiro atoms. The Labute approximate surface area is 126 Å². The van der Waals surface area contributed by atoms with Crippen molar-refractivity contribution in [2.45, 2.75) is 19.9 Å². The molecule has 0 radical (unpaired) electrons. The molecule has 2 N–H and O–H groups in total. The van der Waals surface area contributed by atoms with E-state index in [0.717, 1.165) is 25.1 Å². The Morgan fingerprint density at radius 1 is 1.33 bits per heavy atom. The van der Waals surface area contributed by atoms with Crippen LogP contribution in [0.3, 0.4) is 0 Å². The first-order valence-corrected chi connectivity index (χ1v) is 7.62. The number of amides is 1. The van der Waals surface area contributed by atoms with Crippen LogP contribution >= 0.6 is 11.3 Å². The number of hydrogen-bond acceptors (Lipinski definition) is 5. The van der Waals surface area contributed by atoms with Gasteiger partial charge in [-0.15, -0.1) is 11.3 Å². The van der Waals surface area contributed by atoms with Crippen LogP contribution in [0.1, 0.15) is 38.9 Å². The summed E-state index contributed by atoms with van der Waals surface area (Å²) in [4.78, 5) is 27.5. The number of hydrogen-bond donors (Lipinski definition) is 2. The molecule has 0 aliphatic carbocycles. The third-order valence-electron chi connectivity index (χ3n) is 3.44. The van der Waals surface area contributed by atoms with Gasteiger partial charge in [-0.2, -0.15) is 0 Å². The number of fused-ring (bicyclic) bond motifs is 1. The Morgan fingerprint density at radius 3 is 2.95 bits per heavy atom. The first-order valence-electron chi connectivity index (χ1n) is 6.74. The molecule has 1 aliphatic heterocycles. The van der Waals surface area contributed by atoms with Crippen molar-refractivity contribution in [3.8, 4) is 0 Å². The monoisotopic (exact) mass is 301 g/mol. The largest absolute Gasteiger partial charge is 0.312 e. The standard InChI is InChI=1S/C15H15N3O2S/c1-9(19)13-8-21-15(17-13)18-14(20)11-3-2-10-4-5-16-7-12(10)6-11/h2-3,6,8,16H,4-5,7H2,1H3,(H,17,18,20). The molecule has 0 atom stereocenters. The summed E-state index contributed by atoms with van der Waals surface area (Å²) in [7, 11) is 0. The van der Waals surface area contributed by atoms with Gasteiger partial charge in [0.05, 0.1) is 0 Å². The van der Waals surface area contributed by atoms with E-state index in [4.69, 9.17) is 0 Å². The minimum atomic E-state index is -0.201. The molecule has 0 saturated carbocycles. The van der Waals surface area contributed by atoms with Gasteiger partial charge in [-0.05, 0) is 36.2 Å². The van der Waals surface area contributed by atoms with Crippen molar-refractivity contribution in [2.75, 3.05) is 11.9 Å². The minimum Gasteiger partial charge on any atom is -0.312 e. The Hall–Kier alpha value is -2.05. The van der Waals surface area contributed by atoms with Crippen molar-refractivity contribution >= 4 is 28.2 Å². The molecule has 1 aliphatic rings. The molecule has 1 aromatic carbocycles. The summed E-state index contributed by atoms with van der Waals surface area (Å²) in [6, 6.07) is 5.75. The Morgan fingerprint density at radius 2 is 2.19 bits per heavy atom. The molecule has 3 rings (SSSR count). The van der Waals surface area contributed by atoms with Gasteiger partial charge in [-0.1, -0.05) is 6.07 Å². The summed E-state index contributed by atoms with van der Waals surface area (Å²) in [5.74, 6) is -0.306. The SMILES string of the molecule is CC(=O)c1csc(NC(=O)c2ccc3c(c2)CNCC3)n1. The normalized spacial score (nSPS) is 13.6. The zero-order chi connectivity index (χ0) is 14.8. The number of carbonyl (C=O) groups is 2. The number of Topliss-reactive ketones (excluding diaryl/α,β-unsaturated/α-hetero) is 1. The summed E-state index contributed by atoms with van der Waals surface area (Å²) < 4.78 is 0. The van der Waals surface area contributed by atoms with Crippen LogP contribution in [0, 0.1) is 0 Å². The summed E-state index contributed by atoms with van der Waals surface area (Å²) in [5.41, 5.74) is 3.44. The minimum absolute atomic E-state index is 0.105. The maximum absolute atomic E-state index is 12.2. The summed E-state index contributed by atoms with van der Waals surface area (Å²) in [5, 5.41) is 8.12. The van der Waals surface area contributed by atoms with Crippen molar-refractivity contribution in [3.05, 3.63) is 46.0 Å². The summed E-state index contributed by atoms with van der Waals surface area (Å²) in [6.07, 6.45) is 0.992. The first kappa shape index (κ1) is 13.9. The molecular formula is C15H15N3O2S. The fourth-order valence-corrected chi connectivity index (χ4v) is 3.03. The second-order valence-corrected chi connectivity index (χ2v) is 5.82. The number of aromatic nitrogens is 1. The number of ketones is 1. The van der Waals surface area contributed by atoms with Crippen molar-refractivity contribution in [2.24, 2.45) is 0 Å². The molecule has 108 valence electrons. The number of benzene rings is 1. The van der Waals surface area contributed by atoms with Gasteiger partial charge in [0.2, 0.25) is 0 Å². The van der Waals surface area contributed by atoms with Crippen molar-refractivity contribution < 1.29 is 9.59 Å². The van der Waals surface area contributed by atoms with Gasteiger partial charge in [0.1, 0.15) is 5.69 Å². The molecule has 5 nitrogen and oxygen atoms in total. The molecule has 2 aromatic rings. The molecule has 0 fully saturated rings. The fraction of sp³-hybridized carbons (Fsp3) is 0.267. The number of anilines is 1. The predicted molar refractivity (Wildman–Crippen MR) is 81.9 cm³/mol. The van der Waals surface area contributed by atoms with E-state index in [1.807, 2.05) is 18.2 Å². The summed E-state index contributed by atoms with van der Waals surface area (Å²) >= 11 is 1.25. The Kier molecular flexibility index (Phi) is 3.81. The van der Waals surface area contributed by atoms with Gasteiger partial charge in [0.25, 0.3) is 5.91 Å². The summed E-state index contributed by atoms with van der Waals surface area (Å²) in [6.45, 7) is 3.23. The molecule has 1 amide bonds. The van der Waals surface area contributed by atoms with E-state index in [2.05, 4.69) is 15.6 Å². The van der Waals surface area contributed by atoms with E-state index in [1.54, 1.807) is 5.38 Å². The lowest BCUT2D eigenvalue weighted by Crippen LogP contribution is -2.24. The Balaban J connectivity index is 1.77. The molecule has 0 saturated heterocycles. The van der Waals surface area contributed by atoms with E-state index in [-0.39, 0.29) is 11.7 Å². The lowest BCUT2D eigenvalue weighted by atomic mass is 9.98. The van der Waals surface area contributed by atoms with E-state index in [0.29, 0.717) is 16.4 Å². The number of carbonyl (C=O) groups excluding carboxylic acids is 2. The van der Waals surface area contributed by atoms with Gasteiger partial charge < -0.3 is 5.32 Å². The van der Waals surface area contributed by atoms with Crippen LogP contribution in [-0.4, -0.2) is 23.2 Å². The second-order valence-electron chi connectivity index (χ2n) is 4.96. The maximum Gasteiger partial charge on any atom is 0.257 e. The molecule has 6 heteroatoms. The molecular weight excluding hydrogens is 286 g/mol. The Bertz CT molecular complexity index is 709. The van der Waals surface area contributed by atoms with E-state index in [9.17, 15) is 9.59 Å². The third-order valence-corrected chi connectivity index (χ3v) is 4.20. The van der Waals surface area contributed by atoms with Crippen LogP contribution < -0.4 is 10.6 Å². The average Bonchev–Trinajstić information content (AvgIpc) is 2.95. The van der Waals surface area contributed by atoms with Crippen LogP contribution in [0.4, 0.5) is 5.13 Å². The predicted octanol–water partition coefficient (Wildman–Crippen LogP) is 2.24. The van der Waals surface area contributed by atoms with E-state index in [1.165, 1.54) is 23.8 Å². The van der Waals surface area contributed by atoms with Gasteiger partial charge >= 0.3 is 0 Å². The highest BCUT2D eigenvalue weighted by Gasteiger charge is 2.14. The van der Waals surface area contributed by atoms with Gasteiger partial charge in [0, 0.05) is 24.4 Å². The quantitative estimate of drug-likeness (QED) is 0.853. The third kappa shape index (κ3) is 3.01. The van der Waals surface area contributed by atoms with Crippen LogP contribution in [-0.2, 0) is 13.0 Å². The zero-order valence-electron chi connectivity index (χ0n) is 11.6. The van der Waals surface area contributed by atoms with Crippen LogP contribution in [0.2, 0.25) is 0 Å². The highest BCUT2D eigenvalue weighted by molar-refractivity contribution is 7.14. The van der Waals surface area contributed by atoms with E-state index < -0.39 is 0 Å². The van der Waals surface area contributed by atoms with Crippen molar-refractivity contribution in [1.82, 2.24) is 10.3 Å². The van der Waals surface area contributed by atoms with Crippen LogP contribution in [0.25, 0.3) is 0 Å². The molecule has 0 unspecified atom stereocenters. The molecule has 2 heterocycles. The smallest absolute Gasteiger partial charge is 0.257 e. The average molecular weight is 301 g/mol. The zero-order valence-corrected chi connectivity index (χ0v) is 12.4. The number of nitrogens with one attached hydrogen (secondary N) is 2. The van der Waals surface area contributed by atoms with Gasteiger partial charge in [-0.3, -0.25) is 14.9 Å². The van der Waals surface area contributed by atoms with Gasteiger partial charge in [-0.25, -0.2) is 4.98 Å². The van der Waals surface area contributed by atoms with Crippen molar-refractivity contribution in [1.29, 1.82) is 0 Å². The lowest BCUT2D eigenvalue weighted by molar-refractivity contribution is 0.100. The second kappa shape index (κ2) is 5.75. The number of nitrogens with zero attached hydrogens (tertiary/aromatic N) is 1. The topological polar surface area (TPSA) is 71.1 Å². The highest BCUT2D eigenvalue weighted by atomic mass is 32.1. The first-order chi connectivity index (χ1) is 10.1. The van der Waals surface area contributed by atoms with Crippen LogP contribution in [0.15, 0.2) is 23.6 Å².